The van der Waals surface area contributed by atoms with Gasteiger partial charge >= 0.3 is 0 Å². The molecule has 1 N–H and O–H groups in total. The average Bonchev–Trinajstić information content (AvgIpc) is 3.49. The largest absolute Gasteiger partial charge is 0.497 e. The van der Waals surface area contributed by atoms with Gasteiger partial charge in [0.05, 0.1) is 7.11 Å². The van der Waals surface area contributed by atoms with E-state index in [2.05, 4.69) is 20.4 Å². The summed E-state index contributed by atoms with van der Waals surface area (Å²) in [6, 6.07) is 12.0. The van der Waals surface area contributed by atoms with Crippen LogP contribution >= 0.6 is 0 Å². The van der Waals surface area contributed by atoms with Crippen molar-refractivity contribution >= 4 is 17.4 Å². The number of anilines is 1. The zero-order valence-electron chi connectivity index (χ0n) is 16.4. The van der Waals surface area contributed by atoms with Crippen molar-refractivity contribution in [2.24, 2.45) is 5.92 Å². The van der Waals surface area contributed by atoms with Gasteiger partial charge in [-0.1, -0.05) is 0 Å². The average molecular weight is 392 g/mol. The third kappa shape index (κ3) is 3.62. The monoisotopic (exact) mass is 392 g/mol. The molecule has 3 aromatic rings. The molecule has 29 heavy (non-hydrogen) atoms. The Morgan fingerprint density at radius 3 is 2.48 bits per heavy atom. The van der Waals surface area contributed by atoms with Gasteiger partial charge in [0.2, 0.25) is 5.91 Å². The van der Waals surface area contributed by atoms with E-state index in [1.165, 1.54) is 0 Å². The van der Waals surface area contributed by atoms with E-state index >= 15 is 0 Å². The Morgan fingerprint density at radius 2 is 1.79 bits per heavy atom. The molecule has 0 radical (unpaired) electrons. The number of nitrogens with one attached hydrogen (secondary N) is 1. The second-order valence-corrected chi connectivity index (χ2v) is 7.76. The Labute approximate surface area is 168 Å². The minimum Gasteiger partial charge on any atom is -0.497 e. The van der Waals surface area contributed by atoms with Crippen molar-refractivity contribution in [1.82, 2.24) is 25.1 Å². The van der Waals surface area contributed by atoms with Crippen molar-refractivity contribution in [3.8, 4) is 17.1 Å². The van der Waals surface area contributed by atoms with Gasteiger partial charge in [-0.15, -0.1) is 15.3 Å². The fourth-order valence-corrected chi connectivity index (χ4v) is 3.79. The summed E-state index contributed by atoms with van der Waals surface area (Å²) in [5.41, 5.74) is 1.64. The molecule has 2 fully saturated rings. The molecule has 2 aromatic heterocycles. The first-order valence-corrected chi connectivity index (χ1v) is 10.1. The van der Waals surface area contributed by atoms with E-state index in [4.69, 9.17) is 9.84 Å². The van der Waals surface area contributed by atoms with Gasteiger partial charge in [-0.3, -0.25) is 4.79 Å². The number of methoxy groups -OCH3 is 1. The van der Waals surface area contributed by atoms with E-state index in [-0.39, 0.29) is 11.8 Å². The Balaban J connectivity index is 1.34. The molecule has 5 rings (SSSR count). The highest BCUT2D eigenvalue weighted by molar-refractivity contribution is 5.79. The second-order valence-electron chi connectivity index (χ2n) is 7.76. The number of nitrogens with zero attached hydrogens (tertiary/aromatic N) is 5. The van der Waals surface area contributed by atoms with Crippen LogP contribution in [-0.4, -0.2) is 52.0 Å². The zero-order valence-corrected chi connectivity index (χ0v) is 16.4. The molecule has 1 aliphatic carbocycles. The second kappa shape index (κ2) is 7.35. The first-order chi connectivity index (χ1) is 14.2. The van der Waals surface area contributed by atoms with Crippen LogP contribution in [0.5, 0.6) is 5.75 Å². The number of carbonyl (C=O) groups is 1. The topological polar surface area (TPSA) is 84.7 Å². The van der Waals surface area contributed by atoms with Crippen molar-refractivity contribution in [3.05, 3.63) is 36.4 Å². The third-order valence-corrected chi connectivity index (χ3v) is 5.71. The number of fused-ring (bicyclic) bond motifs is 1. The van der Waals surface area contributed by atoms with Crippen LogP contribution < -0.4 is 15.0 Å². The normalized spacial score (nSPS) is 17.5. The molecular formula is C21H24N6O2. The fraction of sp³-hybridized carbons (Fsp3) is 0.429. The van der Waals surface area contributed by atoms with Crippen LogP contribution in [0, 0.1) is 5.92 Å². The third-order valence-electron chi connectivity index (χ3n) is 5.71. The van der Waals surface area contributed by atoms with Gasteiger partial charge in [-0.2, -0.15) is 4.52 Å². The lowest BCUT2D eigenvalue weighted by Crippen LogP contribution is -2.41. The number of aromatic nitrogens is 4. The first-order valence-electron chi connectivity index (χ1n) is 10.1. The van der Waals surface area contributed by atoms with Crippen molar-refractivity contribution in [2.75, 3.05) is 25.1 Å². The summed E-state index contributed by atoms with van der Waals surface area (Å²) in [5.74, 6) is 2.71. The molecule has 1 saturated carbocycles. The molecular weight excluding hydrogens is 368 g/mol. The first kappa shape index (κ1) is 17.9. The van der Waals surface area contributed by atoms with Gasteiger partial charge in [-0.05, 0) is 62.1 Å². The Bertz CT molecular complexity index is 1020. The number of carbonyl (C=O) groups excluding carboxylic acids is 1. The highest BCUT2D eigenvalue weighted by Gasteiger charge is 2.30. The maximum absolute atomic E-state index is 12.3. The summed E-state index contributed by atoms with van der Waals surface area (Å²) >= 11 is 0. The standard InChI is InChI=1S/C21H24N6O2/c1-29-17-6-2-14(3-7-17)20-24-23-18-8-9-19(25-27(18)20)26-12-10-15(11-13-26)21(28)22-16-4-5-16/h2-3,6-9,15-16H,4-5,10-13H2,1H3,(H,22,28). The van der Waals surface area contributed by atoms with Gasteiger partial charge in [0.15, 0.2) is 11.5 Å². The molecule has 2 aliphatic rings. The quantitative estimate of drug-likeness (QED) is 0.717. The number of hydrogen-bond donors (Lipinski definition) is 1. The van der Waals surface area contributed by atoms with Crippen LogP contribution in [-0.2, 0) is 4.79 Å². The smallest absolute Gasteiger partial charge is 0.223 e. The van der Waals surface area contributed by atoms with Gasteiger partial charge in [-0.25, -0.2) is 0 Å². The van der Waals surface area contributed by atoms with Crippen molar-refractivity contribution in [3.63, 3.8) is 0 Å². The van der Waals surface area contributed by atoms with Gasteiger partial charge in [0.25, 0.3) is 0 Å². The minimum absolute atomic E-state index is 0.111. The maximum atomic E-state index is 12.3. The molecule has 1 aromatic carbocycles. The number of hydrogen-bond acceptors (Lipinski definition) is 6. The molecule has 0 spiro atoms. The van der Waals surface area contributed by atoms with Crippen molar-refractivity contribution in [1.29, 1.82) is 0 Å². The van der Waals surface area contributed by atoms with E-state index in [0.717, 1.165) is 55.9 Å². The Morgan fingerprint density at radius 1 is 1.03 bits per heavy atom. The lowest BCUT2D eigenvalue weighted by Gasteiger charge is -2.32. The predicted octanol–water partition coefficient (Wildman–Crippen LogP) is 2.29. The number of amides is 1. The minimum atomic E-state index is 0.111. The van der Waals surface area contributed by atoms with Crippen LogP contribution in [0.15, 0.2) is 36.4 Å². The highest BCUT2D eigenvalue weighted by atomic mass is 16.5. The molecule has 0 bridgehead atoms. The van der Waals surface area contributed by atoms with E-state index in [1.54, 1.807) is 11.6 Å². The Hall–Kier alpha value is -3.16. The molecule has 1 aliphatic heterocycles. The summed E-state index contributed by atoms with van der Waals surface area (Å²) in [6.07, 6.45) is 3.96. The van der Waals surface area contributed by atoms with Crippen LogP contribution in [0.4, 0.5) is 5.82 Å². The van der Waals surface area contributed by atoms with Crippen LogP contribution in [0.2, 0.25) is 0 Å². The molecule has 150 valence electrons. The number of ether oxygens (including phenoxy) is 1. The van der Waals surface area contributed by atoms with E-state index in [0.29, 0.717) is 17.5 Å². The molecule has 0 unspecified atom stereocenters. The summed E-state index contributed by atoms with van der Waals surface area (Å²) < 4.78 is 7.01. The molecule has 1 saturated heterocycles. The van der Waals surface area contributed by atoms with Gasteiger partial charge < -0.3 is 15.0 Å². The van der Waals surface area contributed by atoms with Crippen molar-refractivity contribution in [2.45, 2.75) is 31.7 Å². The summed E-state index contributed by atoms with van der Waals surface area (Å²) in [5, 5.41) is 16.5. The van der Waals surface area contributed by atoms with Crippen LogP contribution in [0.3, 0.4) is 0 Å². The molecule has 3 heterocycles. The summed E-state index contributed by atoms with van der Waals surface area (Å²) in [6.45, 7) is 1.64. The van der Waals surface area contributed by atoms with Crippen molar-refractivity contribution < 1.29 is 9.53 Å². The van der Waals surface area contributed by atoms with E-state index < -0.39 is 0 Å². The van der Waals surface area contributed by atoms with Gasteiger partial charge in [0, 0.05) is 30.6 Å². The molecule has 0 atom stereocenters. The van der Waals surface area contributed by atoms with Crippen LogP contribution in [0.25, 0.3) is 17.0 Å². The van der Waals surface area contributed by atoms with E-state index in [9.17, 15) is 4.79 Å². The van der Waals surface area contributed by atoms with Crippen LogP contribution in [0.1, 0.15) is 25.7 Å². The molecule has 1 amide bonds. The van der Waals surface area contributed by atoms with E-state index in [1.807, 2.05) is 36.4 Å². The van der Waals surface area contributed by atoms with Gasteiger partial charge in [0.1, 0.15) is 11.6 Å². The molecule has 8 heteroatoms. The lowest BCUT2D eigenvalue weighted by atomic mass is 9.96. The SMILES string of the molecule is COc1ccc(-c2nnc3ccc(N4CCC(C(=O)NC5CC5)CC4)nn23)cc1. The predicted molar refractivity (Wildman–Crippen MR) is 109 cm³/mol. The number of rotatable bonds is 5. The Kier molecular flexibility index (Phi) is 4.54. The highest BCUT2D eigenvalue weighted by Crippen LogP contribution is 2.26. The zero-order chi connectivity index (χ0) is 19.8. The molecule has 8 nitrogen and oxygen atoms in total. The lowest BCUT2D eigenvalue weighted by molar-refractivity contribution is -0.125. The number of piperidine rings is 1. The summed E-state index contributed by atoms with van der Waals surface area (Å²) in [4.78, 5) is 14.5. The summed E-state index contributed by atoms with van der Waals surface area (Å²) in [7, 11) is 1.65. The maximum Gasteiger partial charge on any atom is 0.223 e. The fourth-order valence-electron chi connectivity index (χ4n) is 3.79. The number of benzene rings is 1.